The van der Waals surface area contributed by atoms with Crippen molar-refractivity contribution in [3.63, 3.8) is 0 Å². The van der Waals surface area contributed by atoms with Gasteiger partial charge in [-0.3, -0.25) is 4.79 Å². The second kappa shape index (κ2) is 7.83. The van der Waals surface area contributed by atoms with Crippen molar-refractivity contribution in [2.45, 2.75) is 76.5 Å². The first-order chi connectivity index (χ1) is 11.5. The van der Waals surface area contributed by atoms with E-state index in [4.69, 9.17) is 4.74 Å². The first-order valence-corrected chi connectivity index (χ1v) is 9.97. The van der Waals surface area contributed by atoms with Gasteiger partial charge >= 0.3 is 0 Å². The second-order valence-electron chi connectivity index (χ2n) is 7.25. The average molecular weight is 352 g/mol. The molecule has 1 aromatic rings. The van der Waals surface area contributed by atoms with Crippen LogP contribution in [0.3, 0.4) is 0 Å². The predicted octanol–water partition coefficient (Wildman–Crippen LogP) is 3.52. The number of hydrogen-bond donors (Lipinski definition) is 1. The number of thiazole rings is 1. The fourth-order valence-corrected chi connectivity index (χ4v) is 4.61. The lowest BCUT2D eigenvalue weighted by Crippen LogP contribution is -2.47. The highest BCUT2D eigenvalue weighted by atomic mass is 32.1. The highest BCUT2D eigenvalue weighted by Gasteiger charge is 2.31. The molecule has 2 aliphatic rings. The number of hydrogen-bond acceptors (Lipinski definition) is 5. The molecule has 134 valence electrons. The van der Waals surface area contributed by atoms with Gasteiger partial charge in [-0.05, 0) is 32.6 Å². The fourth-order valence-electron chi connectivity index (χ4n) is 3.71. The Kier molecular flexibility index (Phi) is 5.76. The van der Waals surface area contributed by atoms with Gasteiger partial charge in [0.1, 0.15) is 4.88 Å². The van der Waals surface area contributed by atoms with E-state index in [1.165, 1.54) is 49.9 Å². The molecule has 1 N–H and O–H groups in total. The van der Waals surface area contributed by atoms with Gasteiger partial charge < -0.3 is 15.0 Å². The first kappa shape index (κ1) is 17.7. The number of aromatic nitrogens is 1. The van der Waals surface area contributed by atoms with Crippen LogP contribution in [-0.4, -0.2) is 43.2 Å². The molecule has 2 aliphatic carbocycles. The quantitative estimate of drug-likeness (QED) is 0.882. The van der Waals surface area contributed by atoms with Crippen LogP contribution in [0.2, 0.25) is 0 Å². The number of rotatable bonds is 5. The van der Waals surface area contributed by atoms with Crippen molar-refractivity contribution in [1.82, 2.24) is 10.3 Å². The highest BCUT2D eigenvalue weighted by Crippen LogP contribution is 2.29. The van der Waals surface area contributed by atoms with Gasteiger partial charge in [0.25, 0.3) is 5.91 Å². The van der Waals surface area contributed by atoms with Crippen LogP contribution in [0, 0.1) is 6.92 Å². The zero-order chi connectivity index (χ0) is 17.1. The number of nitrogens with zero attached hydrogens (tertiary/aromatic N) is 2. The van der Waals surface area contributed by atoms with Crippen molar-refractivity contribution in [1.29, 1.82) is 0 Å². The van der Waals surface area contributed by atoms with E-state index in [0.717, 1.165) is 28.5 Å². The maximum atomic E-state index is 12.7. The second-order valence-corrected chi connectivity index (χ2v) is 8.23. The van der Waals surface area contributed by atoms with Gasteiger partial charge in [-0.25, -0.2) is 4.98 Å². The third-order valence-electron chi connectivity index (χ3n) is 5.06. The molecule has 0 aromatic carbocycles. The van der Waals surface area contributed by atoms with Crippen molar-refractivity contribution < 1.29 is 9.53 Å². The molecule has 6 heteroatoms. The number of aryl methyl sites for hydroxylation is 1. The molecule has 3 rings (SSSR count). The molecule has 0 aliphatic heterocycles. The monoisotopic (exact) mass is 351 g/mol. The Morgan fingerprint density at radius 1 is 1.17 bits per heavy atom. The molecular formula is C18H29N3O2S. The summed E-state index contributed by atoms with van der Waals surface area (Å²) in [7, 11) is 3.90. The summed E-state index contributed by atoms with van der Waals surface area (Å²) < 4.78 is 6.34. The molecule has 2 atom stereocenters. The van der Waals surface area contributed by atoms with Crippen molar-refractivity contribution >= 4 is 22.4 Å². The van der Waals surface area contributed by atoms with E-state index in [-0.39, 0.29) is 18.1 Å². The third kappa shape index (κ3) is 4.09. The fraction of sp³-hybridized carbons (Fsp3) is 0.778. The van der Waals surface area contributed by atoms with Crippen LogP contribution in [-0.2, 0) is 4.74 Å². The first-order valence-electron chi connectivity index (χ1n) is 9.15. The predicted molar refractivity (Wildman–Crippen MR) is 98.0 cm³/mol. The molecule has 2 unspecified atom stereocenters. The maximum absolute atomic E-state index is 12.7. The molecule has 0 spiro atoms. The summed E-state index contributed by atoms with van der Waals surface area (Å²) in [5.74, 6) is 0.00465. The van der Waals surface area contributed by atoms with E-state index in [9.17, 15) is 4.79 Å². The summed E-state index contributed by atoms with van der Waals surface area (Å²) >= 11 is 1.46. The molecule has 0 saturated heterocycles. The average Bonchev–Trinajstić information content (AvgIpc) is 3.18. The number of amides is 1. The Balaban J connectivity index is 1.64. The van der Waals surface area contributed by atoms with Gasteiger partial charge in [0.15, 0.2) is 5.13 Å². The topological polar surface area (TPSA) is 54.5 Å². The maximum Gasteiger partial charge on any atom is 0.263 e. The van der Waals surface area contributed by atoms with Gasteiger partial charge in [0, 0.05) is 14.1 Å². The van der Waals surface area contributed by atoms with Crippen LogP contribution in [0.1, 0.15) is 66.7 Å². The summed E-state index contributed by atoms with van der Waals surface area (Å²) in [4.78, 5) is 19.9. The summed E-state index contributed by atoms with van der Waals surface area (Å²) in [5.41, 5.74) is 0.810. The lowest BCUT2D eigenvalue weighted by atomic mass is 9.92. The number of ether oxygens (including phenoxy) is 1. The van der Waals surface area contributed by atoms with Crippen molar-refractivity contribution in [2.24, 2.45) is 0 Å². The summed E-state index contributed by atoms with van der Waals surface area (Å²) in [5, 5.41) is 4.12. The molecule has 2 fully saturated rings. The van der Waals surface area contributed by atoms with E-state index in [2.05, 4.69) is 10.3 Å². The smallest absolute Gasteiger partial charge is 0.263 e. The van der Waals surface area contributed by atoms with Crippen LogP contribution in [0.5, 0.6) is 0 Å². The number of nitrogens with one attached hydrogen (secondary N) is 1. The molecule has 1 aromatic heterocycles. The van der Waals surface area contributed by atoms with Crippen molar-refractivity contribution in [2.75, 3.05) is 19.0 Å². The van der Waals surface area contributed by atoms with Crippen LogP contribution in [0.25, 0.3) is 0 Å². The zero-order valence-electron chi connectivity index (χ0n) is 15.0. The van der Waals surface area contributed by atoms with Gasteiger partial charge in [0.05, 0.1) is 23.9 Å². The zero-order valence-corrected chi connectivity index (χ0v) is 15.8. The molecular weight excluding hydrogens is 322 g/mol. The largest absolute Gasteiger partial charge is 0.373 e. The molecule has 2 saturated carbocycles. The minimum Gasteiger partial charge on any atom is -0.373 e. The van der Waals surface area contributed by atoms with E-state index in [1.807, 2.05) is 25.9 Å². The van der Waals surface area contributed by atoms with Gasteiger partial charge in [0.2, 0.25) is 0 Å². The number of carbonyl (C=O) groups excluding carboxylic acids is 1. The SMILES string of the molecule is Cc1nc(N(C)C)sc1C(=O)NC1CCCCC1OC1CCCC1. The number of anilines is 1. The van der Waals surface area contributed by atoms with E-state index >= 15 is 0 Å². The van der Waals surface area contributed by atoms with Gasteiger partial charge in [-0.1, -0.05) is 37.0 Å². The van der Waals surface area contributed by atoms with E-state index in [1.54, 1.807) is 0 Å². The van der Waals surface area contributed by atoms with E-state index < -0.39 is 0 Å². The lowest BCUT2D eigenvalue weighted by molar-refractivity contribution is -0.0419. The normalized spacial score (nSPS) is 25.0. The molecule has 0 bridgehead atoms. The van der Waals surface area contributed by atoms with Crippen LogP contribution >= 0.6 is 11.3 Å². The van der Waals surface area contributed by atoms with Crippen molar-refractivity contribution in [3.05, 3.63) is 10.6 Å². The standard InChI is InChI=1S/C18H29N3O2S/c1-12-16(24-18(19-12)21(2)3)17(22)20-14-10-6-7-11-15(14)23-13-8-4-5-9-13/h13-15H,4-11H2,1-3H3,(H,20,22). The van der Waals surface area contributed by atoms with Gasteiger partial charge in [-0.2, -0.15) is 0 Å². The minimum absolute atomic E-state index is 0.00465. The van der Waals surface area contributed by atoms with Crippen molar-refractivity contribution in [3.8, 4) is 0 Å². The molecule has 1 amide bonds. The lowest BCUT2D eigenvalue weighted by Gasteiger charge is -2.34. The molecule has 24 heavy (non-hydrogen) atoms. The van der Waals surface area contributed by atoms with Crippen LogP contribution in [0.15, 0.2) is 0 Å². The van der Waals surface area contributed by atoms with E-state index in [0.29, 0.717) is 6.10 Å². The Labute approximate surface area is 148 Å². The van der Waals surface area contributed by atoms with Gasteiger partial charge in [-0.15, -0.1) is 0 Å². The summed E-state index contributed by atoms with van der Waals surface area (Å²) in [6, 6.07) is 0.135. The highest BCUT2D eigenvalue weighted by molar-refractivity contribution is 7.17. The minimum atomic E-state index is 0.00465. The molecule has 1 heterocycles. The Morgan fingerprint density at radius 3 is 2.50 bits per heavy atom. The summed E-state index contributed by atoms with van der Waals surface area (Å²) in [6.45, 7) is 1.91. The molecule has 5 nitrogen and oxygen atoms in total. The third-order valence-corrected chi connectivity index (χ3v) is 6.39. The van der Waals surface area contributed by atoms with Crippen LogP contribution in [0.4, 0.5) is 5.13 Å². The Hall–Kier alpha value is -1.14. The Morgan fingerprint density at radius 2 is 1.83 bits per heavy atom. The molecule has 0 radical (unpaired) electrons. The number of carbonyl (C=O) groups is 1. The van der Waals surface area contributed by atoms with Crippen LogP contribution < -0.4 is 10.2 Å². The Bertz CT molecular complexity index is 567. The summed E-state index contributed by atoms with van der Waals surface area (Å²) in [6.07, 6.45) is 9.94.